The Bertz CT molecular complexity index is 736. The van der Waals surface area contributed by atoms with E-state index in [1.165, 1.54) is 7.11 Å². The molecular formula is C19H22FNO4. The average molecular weight is 347 g/mol. The molecule has 0 spiro atoms. The second-order valence-corrected chi connectivity index (χ2v) is 5.66. The summed E-state index contributed by atoms with van der Waals surface area (Å²) in [6.45, 7) is 1.93. The highest BCUT2D eigenvalue weighted by Gasteiger charge is 2.23. The lowest BCUT2D eigenvalue weighted by Crippen LogP contribution is -2.08. The van der Waals surface area contributed by atoms with Gasteiger partial charge in [-0.25, -0.2) is 4.39 Å². The van der Waals surface area contributed by atoms with Gasteiger partial charge in [0.25, 0.3) is 0 Å². The fourth-order valence-corrected chi connectivity index (χ4v) is 2.81. The van der Waals surface area contributed by atoms with Gasteiger partial charge < -0.3 is 24.3 Å². The molecule has 1 heterocycles. The number of rotatable bonds is 8. The van der Waals surface area contributed by atoms with E-state index in [-0.39, 0.29) is 11.6 Å². The maximum Gasteiger partial charge on any atom is 0.197 e. The Morgan fingerprint density at radius 3 is 2.44 bits per heavy atom. The van der Waals surface area contributed by atoms with Gasteiger partial charge in [-0.2, -0.15) is 0 Å². The molecule has 0 amide bonds. The topological polar surface area (TPSA) is 49.0 Å². The average Bonchev–Trinajstić information content (AvgIpc) is 3.12. The molecule has 1 N–H and O–H groups in total. The van der Waals surface area contributed by atoms with Crippen molar-refractivity contribution >= 4 is 0 Å². The van der Waals surface area contributed by atoms with Crippen LogP contribution in [0.5, 0.6) is 23.0 Å². The minimum Gasteiger partial charge on any atom is -0.493 e. The van der Waals surface area contributed by atoms with Crippen molar-refractivity contribution in [3.05, 3.63) is 47.3 Å². The van der Waals surface area contributed by atoms with Gasteiger partial charge in [-0.05, 0) is 23.8 Å². The first-order chi connectivity index (χ1) is 12.2. The molecule has 0 aliphatic carbocycles. The highest BCUT2D eigenvalue weighted by Crippen LogP contribution is 2.36. The summed E-state index contributed by atoms with van der Waals surface area (Å²) in [6.07, 6.45) is 0.607. The zero-order chi connectivity index (χ0) is 17.6. The van der Waals surface area contributed by atoms with Crippen LogP contribution in [0.4, 0.5) is 4.39 Å². The molecule has 2 aromatic rings. The standard InChI is InChI=1S/C19H22FNO4/c1-22-15-6-3-4-7-16(15)24-8-5-9-25-19-17(23-2)10-13-11-21-12-14(13)18(19)20/h3-4,6-7,10,21H,5,8-9,11-12H2,1-2H3. The van der Waals surface area contributed by atoms with E-state index in [1.54, 1.807) is 7.11 Å². The van der Waals surface area contributed by atoms with Crippen molar-refractivity contribution in [3.8, 4) is 23.0 Å². The lowest BCUT2D eigenvalue weighted by atomic mass is 10.1. The van der Waals surface area contributed by atoms with Gasteiger partial charge in [0.2, 0.25) is 0 Å². The van der Waals surface area contributed by atoms with Crippen molar-refractivity contribution < 1.29 is 23.3 Å². The Labute approximate surface area is 146 Å². The summed E-state index contributed by atoms with van der Waals surface area (Å²) in [5.74, 6) is 1.61. The Kier molecular flexibility index (Phi) is 5.60. The number of hydrogen-bond acceptors (Lipinski definition) is 5. The summed E-state index contributed by atoms with van der Waals surface area (Å²) >= 11 is 0. The third kappa shape index (κ3) is 3.79. The molecule has 0 aromatic heterocycles. The van der Waals surface area contributed by atoms with Gasteiger partial charge in [0, 0.05) is 25.1 Å². The first kappa shape index (κ1) is 17.4. The molecule has 0 fully saturated rings. The lowest BCUT2D eigenvalue weighted by molar-refractivity contribution is 0.228. The van der Waals surface area contributed by atoms with Crippen molar-refractivity contribution in [3.63, 3.8) is 0 Å². The minimum absolute atomic E-state index is 0.169. The second-order valence-electron chi connectivity index (χ2n) is 5.66. The first-order valence-electron chi connectivity index (χ1n) is 8.22. The third-order valence-corrected chi connectivity index (χ3v) is 4.08. The van der Waals surface area contributed by atoms with Crippen molar-refractivity contribution in [1.82, 2.24) is 5.32 Å². The summed E-state index contributed by atoms with van der Waals surface area (Å²) in [5, 5.41) is 3.13. The molecule has 25 heavy (non-hydrogen) atoms. The smallest absolute Gasteiger partial charge is 0.197 e. The minimum atomic E-state index is -0.343. The van der Waals surface area contributed by atoms with Crippen LogP contribution in [0, 0.1) is 5.82 Å². The number of methoxy groups -OCH3 is 2. The summed E-state index contributed by atoms with van der Waals surface area (Å²) < 4.78 is 36.4. The van der Waals surface area contributed by atoms with Gasteiger partial charge in [0.1, 0.15) is 0 Å². The van der Waals surface area contributed by atoms with Gasteiger partial charge in [0.15, 0.2) is 28.8 Å². The van der Waals surface area contributed by atoms with Gasteiger partial charge in [0.05, 0.1) is 27.4 Å². The normalized spacial score (nSPS) is 12.6. The first-order valence-corrected chi connectivity index (χ1v) is 8.22. The van der Waals surface area contributed by atoms with Gasteiger partial charge in [-0.3, -0.25) is 0 Å². The summed E-state index contributed by atoms with van der Waals surface area (Å²) in [5.41, 5.74) is 1.57. The van der Waals surface area contributed by atoms with Crippen LogP contribution in [0.1, 0.15) is 17.5 Å². The fourth-order valence-electron chi connectivity index (χ4n) is 2.81. The van der Waals surface area contributed by atoms with E-state index in [2.05, 4.69) is 5.32 Å². The van der Waals surface area contributed by atoms with E-state index in [1.807, 2.05) is 30.3 Å². The summed E-state index contributed by atoms with van der Waals surface area (Å²) in [7, 11) is 3.12. The van der Waals surface area contributed by atoms with E-state index >= 15 is 0 Å². The molecule has 1 aliphatic rings. The van der Waals surface area contributed by atoms with Crippen molar-refractivity contribution in [2.45, 2.75) is 19.5 Å². The Morgan fingerprint density at radius 1 is 0.960 bits per heavy atom. The predicted octanol–water partition coefficient (Wildman–Crippen LogP) is 3.29. The van der Waals surface area contributed by atoms with E-state index < -0.39 is 0 Å². The molecule has 3 rings (SSSR count). The molecule has 0 saturated carbocycles. The van der Waals surface area contributed by atoms with Gasteiger partial charge >= 0.3 is 0 Å². The molecule has 2 aromatic carbocycles. The van der Waals surface area contributed by atoms with Gasteiger partial charge in [-0.1, -0.05) is 12.1 Å². The number of halogens is 1. The third-order valence-electron chi connectivity index (χ3n) is 4.08. The van der Waals surface area contributed by atoms with Crippen molar-refractivity contribution in [2.75, 3.05) is 27.4 Å². The number of para-hydroxylation sites is 2. The zero-order valence-corrected chi connectivity index (χ0v) is 14.4. The Balaban J connectivity index is 1.56. The molecule has 0 saturated heterocycles. The largest absolute Gasteiger partial charge is 0.493 e. The van der Waals surface area contributed by atoms with E-state index in [0.29, 0.717) is 55.5 Å². The van der Waals surface area contributed by atoms with Crippen molar-refractivity contribution in [1.29, 1.82) is 0 Å². The molecule has 6 heteroatoms. The Hall–Kier alpha value is -2.47. The zero-order valence-electron chi connectivity index (χ0n) is 14.4. The van der Waals surface area contributed by atoms with Crippen molar-refractivity contribution in [2.24, 2.45) is 0 Å². The molecule has 1 aliphatic heterocycles. The highest BCUT2D eigenvalue weighted by molar-refractivity contribution is 5.50. The maximum absolute atomic E-state index is 14.6. The van der Waals surface area contributed by atoms with Crippen LogP contribution < -0.4 is 24.3 Å². The highest BCUT2D eigenvalue weighted by atomic mass is 19.1. The predicted molar refractivity (Wildman–Crippen MR) is 92.1 cm³/mol. The molecule has 0 atom stereocenters. The summed E-state index contributed by atoms with van der Waals surface area (Å²) in [6, 6.07) is 9.28. The SMILES string of the molecule is COc1ccccc1OCCCOc1c(OC)cc2c(c1F)CNC2. The molecule has 0 radical (unpaired) electrons. The van der Waals surface area contributed by atoms with E-state index in [0.717, 1.165) is 5.56 Å². The molecule has 0 unspecified atom stereocenters. The molecule has 5 nitrogen and oxygen atoms in total. The number of nitrogens with one attached hydrogen (secondary N) is 1. The van der Waals surface area contributed by atoms with Crippen LogP contribution in [-0.4, -0.2) is 27.4 Å². The van der Waals surface area contributed by atoms with Crippen LogP contribution in [0.15, 0.2) is 30.3 Å². The molecular weight excluding hydrogens is 325 g/mol. The van der Waals surface area contributed by atoms with Crippen LogP contribution in [0.2, 0.25) is 0 Å². The number of fused-ring (bicyclic) bond motifs is 1. The van der Waals surface area contributed by atoms with Crippen LogP contribution in [0.25, 0.3) is 0 Å². The van der Waals surface area contributed by atoms with Gasteiger partial charge in [-0.15, -0.1) is 0 Å². The number of benzene rings is 2. The lowest BCUT2D eigenvalue weighted by Gasteiger charge is -2.15. The quantitative estimate of drug-likeness (QED) is 0.743. The van der Waals surface area contributed by atoms with Crippen LogP contribution in [-0.2, 0) is 13.1 Å². The number of ether oxygens (including phenoxy) is 4. The maximum atomic E-state index is 14.6. The Morgan fingerprint density at radius 2 is 1.68 bits per heavy atom. The monoisotopic (exact) mass is 347 g/mol. The van der Waals surface area contributed by atoms with E-state index in [9.17, 15) is 4.39 Å². The summed E-state index contributed by atoms with van der Waals surface area (Å²) in [4.78, 5) is 0. The second kappa shape index (κ2) is 8.07. The van der Waals surface area contributed by atoms with Crippen LogP contribution in [0.3, 0.4) is 0 Å². The molecule has 134 valence electrons. The van der Waals surface area contributed by atoms with E-state index in [4.69, 9.17) is 18.9 Å². The van der Waals surface area contributed by atoms with Crippen LogP contribution >= 0.6 is 0 Å². The molecule has 0 bridgehead atoms. The fraction of sp³-hybridized carbons (Fsp3) is 0.368. The number of hydrogen-bond donors (Lipinski definition) is 1.